The van der Waals surface area contributed by atoms with Crippen molar-refractivity contribution in [3.05, 3.63) is 12.3 Å². The molecule has 0 atom stereocenters. The molecule has 0 bridgehead atoms. The Kier molecular flexibility index (Phi) is 2.47. The number of hydrogen-bond donors (Lipinski definition) is 1. The van der Waals surface area contributed by atoms with E-state index in [2.05, 4.69) is 31.2 Å². The van der Waals surface area contributed by atoms with E-state index in [9.17, 15) is 0 Å². The van der Waals surface area contributed by atoms with E-state index < -0.39 is 0 Å². The summed E-state index contributed by atoms with van der Waals surface area (Å²) in [5.74, 6) is 3.43. The van der Waals surface area contributed by atoms with Crippen LogP contribution in [0.2, 0.25) is 0 Å². The molecule has 1 aliphatic rings. The van der Waals surface area contributed by atoms with E-state index in [0.29, 0.717) is 6.04 Å². The van der Waals surface area contributed by atoms with Crippen LogP contribution in [0.5, 0.6) is 0 Å². The van der Waals surface area contributed by atoms with Crippen LogP contribution in [0.1, 0.15) is 20.8 Å². The van der Waals surface area contributed by atoms with Crippen molar-refractivity contribution in [3.8, 4) is 0 Å². The normalized spacial score (nSPS) is 17.9. The van der Waals surface area contributed by atoms with E-state index in [-0.39, 0.29) is 5.54 Å². The molecule has 14 heavy (non-hydrogen) atoms. The van der Waals surface area contributed by atoms with Crippen LogP contribution in [-0.2, 0) is 5.54 Å². The molecule has 0 amide bonds. The Bertz CT molecular complexity index is 309. The third-order valence-electron chi connectivity index (χ3n) is 2.27. The number of nitrogens with zero attached hydrogens (tertiary/aromatic N) is 2. The average molecular weight is 211 g/mol. The third-order valence-corrected chi connectivity index (χ3v) is 3.54. The maximum Gasteiger partial charge on any atom is 0.148 e. The van der Waals surface area contributed by atoms with Crippen LogP contribution in [0, 0.1) is 0 Å². The fourth-order valence-electron chi connectivity index (χ4n) is 1.30. The highest BCUT2D eigenvalue weighted by Gasteiger charge is 2.19. The number of anilines is 1. The maximum atomic E-state index is 4.50. The Hall–Kier alpha value is -0.640. The quantitative estimate of drug-likeness (QED) is 0.813. The first-order valence-corrected chi connectivity index (χ1v) is 6.11. The fraction of sp³-hybridized carbons (Fsp3) is 0.700. The molecule has 0 radical (unpaired) electrons. The molecule has 1 saturated heterocycles. The Morgan fingerprint density at radius 1 is 1.50 bits per heavy atom. The summed E-state index contributed by atoms with van der Waals surface area (Å²) in [5, 5.41) is 7.92. The topological polar surface area (TPSA) is 29.9 Å². The third kappa shape index (κ3) is 2.05. The molecule has 3 nitrogen and oxygen atoms in total. The molecule has 0 spiro atoms. The lowest BCUT2D eigenvalue weighted by Crippen LogP contribution is -2.33. The molecular weight excluding hydrogens is 194 g/mol. The molecule has 1 fully saturated rings. The van der Waals surface area contributed by atoms with E-state index in [1.165, 1.54) is 11.5 Å². The molecule has 0 aliphatic carbocycles. The summed E-state index contributed by atoms with van der Waals surface area (Å²) in [7, 11) is 0. The Labute approximate surface area is 89.3 Å². The van der Waals surface area contributed by atoms with Gasteiger partial charge in [0.05, 0.1) is 5.54 Å². The minimum atomic E-state index is 0.0777. The van der Waals surface area contributed by atoms with Crippen molar-refractivity contribution < 1.29 is 0 Å². The zero-order chi connectivity index (χ0) is 10.2. The lowest BCUT2D eigenvalue weighted by Gasteiger charge is -2.26. The lowest BCUT2D eigenvalue weighted by atomic mass is 10.1. The van der Waals surface area contributed by atoms with Gasteiger partial charge in [-0.05, 0) is 20.8 Å². The van der Waals surface area contributed by atoms with Gasteiger partial charge < -0.3 is 5.32 Å². The largest absolute Gasteiger partial charge is 0.364 e. The van der Waals surface area contributed by atoms with E-state index in [4.69, 9.17) is 0 Å². The van der Waals surface area contributed by atoms with Gasteiger partial charge in [-0.2, -0.15) is 16.9 Å². The van der Waals surface area contributed by atoms with Crippen LogP contribution < -0.4 is 5.32 Å². The second kappa shape index (κ2) is 3.50. The summed E-state index contributed by atoms with van der Waals surface area (Å²) in [5.41, 5.74) is 0.0777. The summed E-state index contributed by atoms with van der Waals surface area (Å²) in [6, 6.07) is 2.68. The molecule has 2 rings (SSSR count). The summed E-state index contributed by atoms with van der Waals surface area (Å²) >= 11 is 1.98. The van der Waals surface area contributed by atoms with Gasteiger partial charge in [-0.15, -0.1) is 0 Å². The standard InChI is InChI=1S/C10H17N3S/c1-10(2,3)13-5-4-9(12-13)11-8-6-14-7-8/h4-5,8H,6-7H2,1-3H3,(H,11,12). The van der Waals surface area contributed by atoms with Crippen molar-refractivity contribution in [1.82, 2.24) is 9.78 Å². The van der Waals surface area contributed by atoms with Gasteiger partial charge >= 0.3 is 0 Å². The van der Waals surface area contributed by atoms with E-state index in [1.54, 1.807) is 0 Å². The predicted molar refractivity (Wildman–Crippen MR) is 62.0 cm³/mol. The molecule has 0 aromatic carbocycles. The van der Waals surface area contributed by atoms with E-state index in [1.807, 2.05) is 28.7 Å². The first-order chi connectivity index (χ1) is 6.55. The van der Waals surface area contributed by atoms with Crippen LogP contribution in [0.25, 0.3) is 0 Å². The molecule has 1 aromatic heterocycles. The van der Waals surface area contributed by atoms with Gasteiger partial charge in [-0.1, -0.05) is 0 Å². The summed E-state index contributed by atoms with van der Waals surface area (Å²) in [6.45, 7) is 6.47. The van der Waals surface area contributed by atoms with Crippen molar-refractivity contribution in [3.63, 3.8) is 0 Å². The minimum absolute atomic E-state index is 0.0777. The van der Waals surface area contributed by atoms with E-state index in [0.717, 1.165) is 5.82 Å². The maximum absolute atomic E-state index is 4.50. The van der Waals surface area contributed by atoms with Gasteiger partial charge in [-0.3, -0.25) is 4.68 Å². The zero-order valence-electron chi connectivity index (χ0n) is 8.95. The molecule has 4 heteroatoms. The van der Waals surface area contributed by atoms with Crippen molar-refractivity contribution in [2.24, 2.45) is 0 Å². The Morgan fingerprint density at radius 3 is 2.64 bits per heavy atom. The van der Waals surface area contributed by atoms with Gasteiger partial charge in [0.1, 0.15) is 5.82 Å². The molecule has 78 valence electrons. The van der Waals surface area contributed by atoms with Gasteiger partial charge in [0.15, 0.2) is 0 Å². The van der Waals surface area contributed by atoms with Crippen LogP contribution in [0.3, 0.4) is 0 Å². The molecule has 1 aliphatic heterocycles. The highest BCUT2D eigenvalue weighted by Crippen LogP contribution is 2.22. The van der Waals surface area contributed by atoms with Gasteiger partial charge in [0, 0.05) is 29.8 Å². The van der Waals surface area contributed by atoms with Gasteiger partial charge in [-0.25, -0.2) is 0 Å². The Morgan fingerprint density at radius 2 is 2.21 bits per heavy atom. The zero-order valence-corrected chi connectivity index (χ0v) is 9.77. The van der Waals surface area contributed by atoms with Gasteiger partial charge in [0.25, 0.3) is 0 Å². The number of aromatic nitrogens is 2. The number of thioether (sulfide) groups is 1. The van der Waals surface area contributed by atoms with Crippen molar-refractivity contribution >= 4 is 17.6 Å². The molecule has 0 saturated carbocycles. The summed E-state index contributed by atoms with van der Waals surface area (Å²) in [4.78, 5) is 0. The predicted octanol–water partition coefficient (Wildman–Crippen LogP) is 2.17. The molecule has 1 N–H and O–H groups in total. The fourth-order valence-corrected chi connectivity index (χ4v) is 1.94. The van der Waals surface area contributed by atoms with E-state index >= 15 is 0 Å². The number of rotatable bonds is 2. The highest BCUT2D eigenvalue weighted by atomic mass is 32.2. The van der Waals surface area contributed by atoms with Crippen molar-refractivity contribution in [2.75, 3.05) is 16.8 Å². The average Bonchev–Trinajstić information content (AvgIpc) is 2.43. The van der Waals surface area contributed by atoms with Crippen molar-refractivity contribution in [1.29, 1.82) is 0 Å². The number of nitrogens with one attached hydrogen (secondary N) is 1. The number of hydrogen-bond acceptors (Lipinski definition) is 3. The summed E-state index contributed by atoms with van der Waals surface area (Å²) < 4.78 is 2.00. The second-order valence-corrected chi connectivity index (χ2v) is 5.77. The van der Waals surface area contributed by atoms with Gasteiger partial charge in [0.2, 0.25) is 0 Å². The monoisotopic (exact) mass is 211 g/mol. The van der Waals surface area contributed by atoms with Crippen LogP contribution in [-0.4, -0.2) is 27.3 Å². The minimum Gasteiger partial charge on any atom is -0.364 e. The Balaban J connectivity index is 2.02. The smallest absolute Gasteiger partial charge is 0.148 e. The van der Waals surface area contributed by atoms with Crippen LogP contribution in [0.4, 0.5) is 5.82 Å². The molecular formula is C10H17N3S. The van der Waals surface area contributed by atoms with Crippen LogP contribution in [0.15, 0.2) is 12.3 Å². The highest BCUT2D eigenvalue weighted by molar-refractivity contribution is 8.00. The summed E-state index contributed by atoms with van der Waals surface area (Å²) in [6.07, 6.45) is 2.04. The molecule has 2 heterocycles. The van der Waals surface area contributed by atoms with Crippen LogP contribution >= 0.6 is 11.8 Å². The first-order valence-electron chi connectivity index (χ1n) is 4.96. The molecule has 1 aromatic rings. The first kappa shape index (κ1) is 9.90. The second-order valence-electron chi connectivity index (χ2n) is 4.70. The SMILES string of the molecule is CC(C)(C)n1ccc(NC2CSC2)n1. The van der Waals surface area contributed by atoms with Crippen molar-refractivity contribution in [2.45, 2.75) is 32.4 Å². The lowest BCUT2D eigenvalue weighted by molar-refractivity contribution is 0.356. The molecule has 0 unspecified atom stereocenters.